The lowest BCUT2D eigenvalue weighted by molar-refractivity contribution is -0.156. The van der Waals surface area contributed by atoms with Crippen LogP contribution in [0.2, 0.25) is 0 Å². The summed E-state index contributed by atoms with van der Waals surface area (Å²) in [7, 11) is 0. The minimum absolute atomic E-state index is 0.102. The highest BCUT2D eigenvalue weighted by atomic mass is 16.6. The zero-order chi connectivity index (χ0) is 22.1. The predicted molar refractivity (Wildman–Crippen MR) is 114 cm³/mol. The lowest BCUT2D eigenvalue weighted by atomic mass is 10.1. The molecule has 7 heteroatoms. The third kappa shape index (κ3) is 17.0. The third-order valence-electron chi connectivity index (χ3n) is 4.33. The van der Waals surface area contributed by atoms with Crippen molar-refractivity contribution >= 4 is 17.8 Å². The second-order valence-corrected chi connectivity index (χ2v) is 8.50. The van der Waals surface area contributed by atoms with Crippen molar-refractivity contribution in [2.45, 2.75) is 110 Å². The average molecular weight is 415 g/mol. The molecule has 2 amide bonds. The second-order valence-electron chi connectivity index (χ2n) is 8.50. The molecule has 0 bridgehead atoms. The first-order valence-electron chi connectivity index (χ1n) is 11.1. The van der Waals surface area contributed by atoms with Gasteiger partial charge in [0, 0.05) is 19.6 Å². The SMILES string of the molecule is CCCCCCCCCCNC(=O)[C@H](CC(=O)OC(C)(C)C)NC(=O)CCCO. The molecule has 170 valence electrons. The van der Waals surface area contributed by atoms with Gasteiger partial charge in [0.25, 0.3) is 0 Å². The van der Waals surface area contributed by atoms with Gasteiger partial charge in [-0.15, -0.1) is 0 Å². The quantitative estimate of drug-likeness (QED) is 0.266. The van der Waals surface area contributed by atoms with Crippen LogP contribution in [0.25, 0.3) is 0 Å². The molecule has 0 aromatic carbocycles. The first kappa shape index (κ1) is 27.4. The van der Waals surface area contributed by atoms with Gasteiger partial charge in [0.1, 0.15) is 11.6 Å². The smallest absolute Gasteiger partial charge is 0.308 e. The van der Waals surface area contributed by atoms with Gasteiger partial charge < -0.3 is 20.5 Å². The van der Waals surface area contributed by atoms with Crippen molar-refractivity contribution in [3.63, 3.8) is 0 Å². The van der Waals surface area contributed by atoms with E-state index >= 15 is 0 Å². The molecule has 3 N–H and O–H groups in total. The highest BCUT2D eigenvalue weighted by molar-refractivity contribution is 5.90. The summed E-state index contributed by atoms with van der Waals surface area (Å²) >= 11 is 0. The van der Waals surface area contributed by atoms with Crippen LogP contribution in [-0.2, 0) is 19.1 Å². The number of hydrogen-bond donors (Lipinski definition) is 3. The Morgan fingerprint density at radius 3 is 2.07 bits per heavy atom. The Kier molecular flexibility index (Phi) is 15.3. The number of ether oxygens (including phenoxy) is 1. The number of aliphatic hydroxyl groups excluding tert-OH is 1. The molecule has 0 saturated carbocycles. The van der Waals surface area contributed by atoms with E-state index in [1.54, 1.807) is 20.8 Å². The van der Waals surface area contributed by atoms with E-state index in [0.717, 1.165) is 19.3 Å². The number of esters is 1. The number of unbranched alkanes of at least 4 members (excludes halogenated alkanes) is 7. The van der Waals surface area contributed by atoms with E-state index in [4.69, 9.17) is 9.84 Å². The van der Waals surface area contributed by atoms with Gasteiger partial charge in [-0.3, -0.25) is 14.4 Å². The standard InChI is InChI=1S/C22H42N2O5/c1-5-6-7-8-9-10-11-12-15-23-21(28)18(24-19(26)14-13-16-25)17-20(27)29-22(2,3)4/h18,25H,5-17H2,1-4H3,(H,23,28)(H,24,26)/t18-/m0/s1. The van der Waals surface area contributed by atoms with Crippen LogP contribution >= 0.6 is 0 Å². The van der Waals surface area contributed by atoms with Crippen molar-refractivity contribution in [1.82, 2.24) is 10.6 Å². The highest BCUT2D eigenvalue weighted by Crippen LogP contribution is 2.10. The van der Waals surface area contributed by atoms with Gasteiger partial charge in [-0.25, -0.2) is 0 Å². The fourth-order valence-corrected chi connectivity index (χ4v) is 2.86. The molecule has 0 aliphatic rings. The topological polar surface area (TPSA) is 105 Å². The fraction of sp³-hybridized carbons (Fsp3) is 0.864. The Labute approximate surface area is 176 Å². The molecule has 0 spiro atoms. The maximum atomic E-state index is 12.5. The van der Waals surface area contributed by atoms with Crippen LogP contribution in [0, 0.1) is 0 Å². The minimum Gasteiger partial charge on any atom is -0.460 e. The summed E-state index contributed by atoms with van der Waals surface area (Å²) in [5, 5.41) is 14.2. The first-order chi connectivity index (χ1) is 13.7. The fourth-order valence-electron chi connectivity index (χ4n) is 2.86. The summed E-state index contributed by atoms with van der Waals surface area (Å²) in [5.41, 5.74) is -0.657. The van der Waals surface area contributed by atoms with Gasteiger partial charge in [-0.2, -0.15) is 0 Å². The number of carbonyl (C=O) groups excluding carboxylic acids is 3. The molecule has 0 aromatic heterocycles. The summed E-state index contributed by atoms with van der Waals surface area (Å²) in [5.74, 6) is -1.28. The summed E-state index contributed by atoms with van der Waals surface area (Å²) in [6.07, 6.45) is 9.57. The third-order valence-corrected chi connectivity index (χ3v) is 4.33. The molecule has 7 nitrogen and oxygen atoms in total. The van der Waals surface area contributed by atoms with Gasteiger partial charge >= 0.3 is 5.97 Å². The van der Waals surface area contributed by atoms with Crippen molar-refractivity contribution in [3.05, 3.63) is 0 Å². The number of nitrogens with one attached hydrogen (secondary N) is 2. The van der Waals surface area contributed by atoms with Crippen molar-refractivity contribution in [2.75, 3.05) is 13.2 Å². The van der Waals surface area contributed by atoms with Crippen LogP contribution in [0.15, 0.2) is 0 Å². The number of aliphatic hydroxyl groups is 1. The van der Waals surface area contributed by atoms with Crippen LogP contribution < -0.4 is 10.6 Å². The highest BCUT2D eigenvalue weighted by Gasteiger charge is 2.26. The van der Waals surface area contributed by atoms with E-state index in [2.05, 4.69) is 17.6 Å². The van der Waals surface area contributed by atoms with Crippen molar-refractivity contribution < 1.29 is 24.2 Å². The summed E-state index contributed by atoms with van der Waals surface area (Å²) in [6.45, 7) is 7.87. The first-order valence-corrected chi connectivity index (χ1v) is 11.1. The van der Waals surface area contributed by atoms with Gasteiger partial charge in [0.15, 0.2) is 0 Å². The Balaban J connectivity index is 4.38. The maximum absolute atomic E-state index is 12.5. The molecule has 0 radical (unpaired) electrons. The Hall–Kier alpha value is -1.63. The monoisotopic (exact) mass is 414 g/mol. The number of carbonyl (C=O) groups is 3. The molecule has 0 heterocycles. The maximum Gasteiger partial charge on any atom is 0.308 e. The minimum atomic E-state index is -0.968. The van der Waals surface area contributed by atoms with E-state index in [9.17, 15) is 14.4 Å². The molecule has 0 aromatic rings. The van der Waals surface area contributed by atoms with Crippen molar-refractivity contribution in [3.8, 4) is 0 Å². The zero-order valence-corrected chi connectivity index (χ0v) is 18.8. The second kappa shape index (κ2) is 16.2. The number of amides is 2. The predicted octanol–water partition coefficient (Wildman–Crippen LogP) is 3.23. The average Bonchev–Trinajstić information content (AvgIpc) is 2.62. The molecule has 1 atom stereocenters. The molecular weight excluding hydrogens is 372 g/mol. The molecule has 29 heavy (non-hydrogen) atoms. The summed E-state index contributed by atoms with van der Waals surface area (Å²) < 4.78 is 5.27. The zero-order valence-electron chi connectivity index (χ0n) is 18.8. The molecule has 0 saturated heterocycles. The van der Waals surface area contributed by atoms with Crippen molar-refractivity contribution in [2.24, 2.45) is 0 Å². The molecule has 0 unspecified atom stereocenters. The van der Waals surface area contributed by atoms with E-state index in [1.807, 2.05) is 0 Å². The van der Waals surface area contributed by atoms with E-state index < -0.39 is 17.6 Å². The summed E-state index contributed by atoms with van der Waals surface area (Å²) in [4.78, 5) is 36.5. The van der Waals surface area contributed by atoms with Crippen LogP contribution in [0.4, 0.5) is 0 Å². The largest absolute Gasteiger partial charge is 0.460 e. The number of rotatable bonds is 16. The Morgan fingerprint density at radius 1 is 0.931 bits per heavy atom. The summed E-state index contributed by atoms with van der Waals surface area (Å²) in [6, 6.07) is -0.968. The van der Waals surface area contributed by atoms with Gasteiger partial charge in [0.2, 0.25) is 11.8 Å². The van der Waals surface area contributed by atoms with Crippen LogP contribution in [0.3, 0.4) is 0 Å². The Bertz CT molecular complexity index is 474. The van der Waals surface area contributed by atoms with E-state index in [0.29, 0.717) is 13.0 Å². The molecule has 0 aliphatic carbocycles. The van der Waals surface area contributed by atoms with Crippen molar-refractivity contribution in [1.29, 1.82) is 0 Å². The van der Waals surface area contributed by atoms with Gasteiger partial charge in [-0.1, -0.05) is 51.9 Å². The van der Waals surface area contributed by atoms with Gasteiger partial charge in [-0.05, 0) is 33.6 Å². The molecular formula is C22H42N2O5. The Morgan fingerprint density at radius 2 is 1.52 bits per heavy atom. The van der Waals surface area contributed by atoms with E-state index in [1.165, 1.54) is 32.1 Å². The lowest BCUT2D eigenvalue weighted by Crippen LogP contribution is -2.48. The van der Waals surface area contributed by atoms with Crippen LogP contribution in [0.1, 0.15) is 98.3 Å². The molecule has 0 aliphatic heterocycles. The van der Waals surface area contributed by atoms with Crippen LogP contribution in [0.5, 0.6) is 0 Å². The molecule has 0 rings (SSSR count). The number of hydrogen-bond acceptors (Lipinski definition) is 5. The normalized spacial score (nSPS) is 12.3. The van der Waals surface area contributed by atoms with Gasteiger partial charge in [0.05, 0.1) is 6.42 Å². The molecule has 0 fully saturated rings. The van der Waals surface area contributed by atoms with Crippen LogP contribution in [-0.4, -0.2) is 47.7 Å². The lowest BCUT2D eigenvalue weighted by Gasteiger charge is -2.22. The van der Waals surface area contributed by atoms with E-state index in [-0.39, 0.29) is 31.3 Å².